The van der Waals surface area contributed by atoms with Crippen LogP contribution in [0.3, 0.4) is 0 Å². The highest BCUT2D eigenvalue weighted by molar-refractivity contribution is 5.91. The van der Waals surface area contributed by atoms with Gasteiger partial charge in [-0.2, -0.15) is 0 Å². The van der Waals surface area contributed by atoms with E-state index in [1.54, 1.807) is 0 Å². The van der Waals surface area contributed by atoms with Crippen molar-refractivity contribution in [3.63, 3.8) is 0 Å². The maximum Gasteiger partial charge on any atom is 0.244 e. The van der Waals surface area contributed by atoms with Crippen molar-refractivity contribution in [2.45, 2.75) is 44.2 Å². The maximum absolute atomic E-state index is 13.4. The summed E-state index contributed by atoms with van der Waals surface area (Å²) >= 11 is 0. The third-order valence-corrected chi connectivity index (χ3v) is 8.01. The molecule has 35 heavy (non-hydrogen) atoms. The van der Waals surface area contributed by atoms with Gasteiger partial charge in [-0.25, -0.2) is 0 Å². The van der Waals surface area contributed by atoms with E-state index in [0.29, 0.717) is 6.04 Å². The number of carbonyl (C=O) groups is 1. The molecule has 0 spiro atoms. The Hall–Kier alpha value is -2.92. The number of rotatable bonds is 7. The molecule has 2 aliphatic rings. The van der Waals surface area contributed by atoms with E-state index in [1.807, 2.05) is 36.4 Å². The minimum Gasteiger partial charge on any atom is -1.00 e. The topological polar surface area (TPSA) is 49.3 Å². The predicted molar refractivity (Wildman–Crippen MR) is 137 cm³/mol. The van der Waals surface area contributed by atoms with Crippen molar-refractivity contribution in [1.29, 1.82) is 0 Å². The van der Waals surface area contributed by atoms with Gasteiger partial charge in [0.15, 0.2) is 0 Å². The molecule has 1 heterocycles. The lowest BCUT2D eigenvalue weighted by atomic mass is 9.64. The SMILES string of the molecule is CC1=[N+](Cc2ccccc2)CCN1C1CCC(C(C(N)=O)(c2ccccc2)c2ccccc2)C1.[Br-]. The number of amides is 1. The van der Waals surface area contributed by atoms with Gasteiger partial charge in [-0.3, -0.25) is 14.3 Å². The standard InChI is InChI=1S/C30H33N3O.BrH/c1-23-32(22-24-11-5-2-6-12-24)19-20-33(23)28-18-17-27(21-28)30(29(31)34,25-13-7-3-8-14-25)26-15-9-4-10-16-26;/h2-16,27-28H,17-22H2,1H3,(H-,31,34);1H. The fourth-order valence-corrected chi connectivity index (χ4v) is 6.34. The fourth-order valence-electron chi connectivity index (χ4n) is 6.34. The molecule has 5 heteroatoms. The first kappa shape index (κ1) is 25.2. The number of primary amides is 1. The molecule has 2 atom stereocenters. The second-order valence-corrected chi connectivity index (χ2v) is 9.72. The zero-order valence-corrected chi connectivity index (χ0v) is 21.9. The molecular formula is C30H34BrN3O. The molecule has 2 unspecified atom stereocenters. The van der Waals surface area contributed by atoms with Gasteiger partial charge in [0.05, 0.1) is 6.04 Å². The van der Waals surface area contributed by atoms with E-state index < -0.39 is 5.41 Å². The van der Waals surface area contributed by atoms with E-state index in [2.05, 4.69) is 71.0 Å². The first-order valence-electron chi connectivity index (χ1n) is 12.4. The monoisotopic (exact) mass is 531 g/mol. The smallest absolute Gasteiger partial charge is 0.244 e. The molecule has 0 radical (unpaired) electrons. The summed E-state index contributed by atoms with van der Waals surface area (Å²) in [6, 6.07) is 31.5. The van der Waals surface area contributed by atoms with Crippen LogP contribution in [0, 0.1) is 5.92 Å². The number of amidine groups is 1. The molecule has 4 nitrogen and oxygen atoms in total. The zero-order valence-electron chi connectivity index (χ0n) is 20.3. The summed E-state index contributed by atoms with van der Waals surface area (Å²) in [6.45, 7) is 5.27. The van der Waals surface area contributed by atoms with Gasteiger partial charge in [-0.05, 0) is 41.9 Å². The number of benzene rings is 3. The van der Waals surface area contributed by atoms with Crippen molar-refractivity contribution < 1.29 is 26.4 Å². The van der Waals surface area contributed by atoms with E-state index in [4.69, 9.17) is 5.73 Å². The molecule has 182 valence electrons. The Balaban J connectivity index is 0.00000289. The number of nitrogens with zero attached hydrogens (tertiary/aromatic N) is 2. The van der Waals surface area contributed by atoms with Crippen LogP contribution in [0.5, 0.6) is 0 Å². The molecule has 2 N–H and O–H groups in total. The van der Waals surface area contributed by atoms with Crippen LogP contribution in [0.4, 0.5) is 0 Å². The highest BCUT2D eigenvalue weighted by Crippen LogP contribution is 2.48. The van der Waals surface area contributed by atoms with Crippen molar-refractivity contribution in [1.82, 2.24) is 4.90 Å². The van der Waals surface area contributed by atoms with Gasteiger partial charge in [-0.1, -0.05) is 91.0 Å². The molecule has 0 bridgehead atoms. The molecule has 1 amide bonds. The number of hydrogen-bond acceptors (Lipinski definition) is 2. The highest BCUT2D eigenvalue weighted by atomic mass is 79.9. The quantitative estimate of drug-likeness (QED) is 0.470. The van der Waals surface area contributed by atoms with E-state index in [9.17, 15) is 4.79 Å². The molecular weight excluding hydrogens is 498 g/mol. The normalized spacial score (nSPS) is 20.1. The molecule has 0 aromatic heterocycles. The van der Waals surface area contributed by atoms with Crippen LogP contribution in [0.15, 0.2) is 91.0 Å². The summed E-state index contributed by atoms with van der Waals surface area (Å²) in [7, 11) is 0. The molecule has 3 aromatic rings. The van der Waals surface area contributed by atoms with Crippen molar-refractivity contribution in [2.24, 2.45) is 11.7 Å². The van der Waals surface area contributed by atoms with E-state index in [-0.39, 0.29) is 28.8 Å². The third kappa shape index (κ3) is 4.66. The van der Waals surface area contributed by atoms with Crippen LogP contribution >= 0.6 is 0 Å². The second kappa shape index (κ2) is 10.8. The number of hydrogen-bond donors (Lipinski definition) is 1. The molecule has 1 fully saturated rings. The van der Waals surface area contributed by atoms with Gasteiger partial charge < -0.3 is 22.7 Å². The summed E-state index contributed by atoms with van der Waals surface area (Å²) in [5.74, 6) is 1.26. The Morgan fingerprint density at radius 3 is 2.00 bits per heavy atom. The molecule has 0 saturated heterocycles. The molecule has 3 aromatic carbocycles. The van der Waals surface area contributed by atoms with Gasteiger partial charge in [0.25, 0.3) is 0 Å². The molecule has 5 rings (SSSR count). The Bertz CT molecular complexity index is 1120. The van der Waals surface area contributed by atoms with Crippen molar-refractivity contribution >= 4 is 11.7 Å². The maximum atomic E-state index is 13.4. The summed E-state index contributed by atoms with van der Waals surface area (Å²) in [5, 5.41) is 0. The minimum absolute atomic E-state index is 0. The average molecular weight is 533 g/mol. The lowest BCUT2D eigenvalue weighted by Crippen LogP contribution is -3.00. The summed E-state index contributed by atoms with van der Waals surface area (Å²) in [4.78, 5) is 15.9. The van der Waals surface area contributed by atoms with Crippen LogP contribution in [-0.2, 0) is 16.8 Å². The predicted octanol–water partition coefficient (Wildman–Crippen LogP) is 1.58. The minimum atomic E-state index is -0.811. The first-order chi connectivity index (χ1) is 16.6. The van der Waals surface area contributed by atoms with Crippen LogP contribution in [0.25, 0.3) is 0 Å². The first-order valence-corrected chi connectivity index (χ1v) is 12.4. The van der Waals surface area contributed by atoms with E-state index in [1.165, 1.54) is 11.4 Å². The Labute approximate surface area is 219 Å². The van der Waals surface area contributed by atoms with Crippen LogP contribution < -0.4 is 22.7 Å². The van der Waals surface area contributed by atoms with Crippen LogP contribution in [0.2, 0.25) is 0 Å². The number of halogens is 1. The molecule has 1 aliphatic heterocycles. The number of carbonyl (C=O) groups excluding carboxylic acids is 1. The van der Waals surface area contributed by atoms with Gasteiger partial charge in [0.2, 0.25) is 11.7 Å². The van der Waals surface area contributed by atoms with Crippen LogP contribution in [-0.4, -0.2) is 40.3 Å². The summed E-state index contributed by atoms with van der Waals surface area (Å²) in [6.07, 6.45) is 3.03. The third-order valence-electron chi connectivity index (χ3n) is 8.01. The lowest BCUT2D eigenvalue weighted by Gasteiger charge is -2.37. The zero-order chi connectivity index (χ0) is 23.5. The van der Waals surface area contributed by atoms with Crippen molar-refractivity contribution in [3.05, 3.63) is 108 Å². The van der Waals surface area contributed by atoms with Gasteiger partial charge in [-0.15, -0.1) is 0 Å². The molecule has 1 saturated carbocycles. The number of nitrogens with two attached hydrogens (primary N) is 1. The van der Waals surface area contributed by atoms with Crippen LogP contribution in [0.1, 0.15) is 42.9 Å². The Kier molecular flexibility index (Phi) is 7.75. The molecule has 1 aliphatic carbocycles. The van der Waals surface area contributed by atoms with Crippen molar-refractivity contribution in [2.75, 3.05) is 13.1 Å². The van der Waals surface area contributed by atoms with Gasteiger partial charge in [0, 0.05) is 6.92 Å². The Morgan fingerprint density at radius 1 is 0.914 bits per heavy atom. The lowest BCUT2D eigenvalue weighted by molar-refractivity contribution is -0.534. The summed E-state index contributed by atoms with van der Waals surface area (Å²) < 4.78 is 2.48. The summed E-state index contributed by atoms with van der Waals surface area (Å²) in [5.41, 5.74) is 8.83. The Morgan fingerprint density at radius 2 is 1.46 bits per heavy atom. The largest absolute Gasteiger partial charge is 1.00 e. The van der Waals surface area contributed by atoms with E-state index in [0.717, 1.165) is 50.0 Å². The van der Waals surface area contributed by atoms with Crippen molar-refractivity contribution in [3.8, 4) is 0 Å². The van der Waals surface area contributed by atoms with Gasteiger partial charge >= 0.3 is 0 Å². The van der Waals surface area contributed by atoms with Gasteiger partial charge in [0.1, 0.15) is 25.0 Å². The second-order valence-electron chi connectivity index (χ2n) is 9.72. The fraction of sp³-hybridized carbons (Fsp3) is 0.333. The average Bonchev–Trinajstić information content (AvgIpc) is 3.49. The van der Waals surface area contributed by atoms with E-state index >= 15 is 0 Å². The highest BCUT2D eigenvalue weighted by Gasteiger charge is 2.52.